The van der Waals surface area contributed by atoms with Gasteiger partial charge in [0.25, 0.3) is 0 Å². The van der Waals surface area contributed by atoms with Gasteiger partial charge in [-0.05, 0) is 6.07 Å². The van der Waals surface area contributed by atoms with Crippen molar-refractivity contribution in [1.82, 2.24) is 4.90 Å². The lowest BCUT2D eigenvalue weighted by atomic mass is 10.1. The van der Waals surface area contributed by atoms with Crippen LogP contribution in [0.25, 0.3) is 0 Å². The molecule has 1 unspecified atom stereocenters. The van der Waals surface area contributed by atoms with Gasteiger partial charge < -0.3 is 9.84 Å². The second kappa shape index (κ2) is 5.69. The van der Waals surface area contributed by atoms with Crippen LogP contribution in [0.15, 0.2) is 12.1 Å². The van der Waals surface area contributed by atoms with E-state index in [1.807, 2.05) is 0 Å². The predicted molar refractivity (Wildman–Crippen MR) is 58.4 cm³/mol. The lowest BCUT2D eigenvalue weighted by Crippen LogP contribution is -2.32. The zero-order valence-electron chi connectivity index (χ0n) is 9.70. The van der Waals surface area contributed by atoms with Crippen LogP contribution in [0.1, 0.15) is 5.56 Å². The SMILES string of the molecule is OC1COCCN(Cc2ccc(F)c(F)c2F)C1. The zero-order valence-corrected chi connectivity index (χ0v) is 9.70. The number of benzene rings is 1. The average Bonchev–Trinajstić information content (AvgIpc) is 2.54. The summed E-state index contributed by atoms with van der Waals surface area (Å²) in [6.45, 7) is 1.59. The molecule has 0 spiro atoms. The maximum Gasteiger partial charge on any atom is 0.194 e. The van der Waals surface area contributed by atoms with Gasteiger partial charge in [0.05, 0.1) is 19.3 Å². The van der Waals surface area contributed by atoms with Crippen molar-refractivity contribution in [1.29, 1.82) is 0 Å². The third-order valence-electron chi connectivity index (χ3n) is 2.84. The van der Waals surface area contributed by atoms with Gasteiger partial charge in [-0.3, -0.25) is 4.90 Å². The van der Waals surface area contributed by atoms with Gasteiger partial charge in [-0.1, -0.05) is 6.07 Å². The summed E-state index contributed by atoms with van der Waals surface area (Å²) in [6, 6.07) is 2.12. The molecule has 0 amide bonds. The molecule has 1 aliphatic rings. The number of halogens is 3. The lowest BCUT2D eigenvalue weighted by Gasteiger charge is -2.21. The highest BCUT2D eigenvalue weighted by Gasteiger charge is 2.19. The van der Waals surface area contributed by atoms with E-state index in [0.717, 1.165) is 6.07 Å². The average molecular weight is 261 g/mol. The summed E-state index contributed by atoms with van der Waals surface area (Å²) < 4.78 is 44.4. The summed E-state index contributed by atoms with van der Waals surface area (Å²) in [7, 11) is 0. The van der Waals surface area contributed by atoms with E-state index in [1.54, 1.807) is 4.90 Å². The number of rotatable bonds is 2. The van der Waals surface area contributed by atoms with Crippen molar-refractivity contribution in [3.63, 3.8) is 0 Å². The molecule has 1 heterocycles. The molecule has 1 atom stereocenters. The fraction of sp³-hybridized carbons (Fsp3) is 0.500. The van der Waals surface area contributed by atoms with Crippen LogP contribution < -0.4 is 0 Å². The van der Waals surface area contributed by atoms with Crippen LogP contribution in [-0.4, -0.2) is 42.4 Å². The molecule has 1 aromatic carbocycles. The Morgan fingerprint density at radius 1 is 1.28 bits per heavy atom. The van der Waals surface area contributed by atoms with E-state index in [2.05, 4.69) is 0 Å². The third kappa shape index (κ3) is 3.01. The first-order chi connectivity index (χ1) is 8.58. The Morgan fingerprint density at radius 2 is 2.06 bits per heavy atom. The van der Waals surface area contributed by atoms with E-state index >= 15 is 0 Å². The maximum absolute atomic E-state index is 13.5. The second-order valence-corrected chi connectivity index (χ2v) is 4.30. The number of hydrogen-bond donors (Lipinski definition) is 1. The molecule has 0 radical (unpaired) electrons. The molecule has 0 aromatic heterocycles. The Kier molecular flexibility index (Phi) is 4.21. The van der Waals surface area contributed by atoms with Gasteiger partial charge in [0.1, 0.15) is 0 Å². The highest BCUT2D eigenvalue weighted by atomic mass is 19.2. The van der Waals surface area contributed by atoms with Crippen LogP contribution in [0.3, 0.4) is 0 Å². The second-order valence-electron chi connectivity index (χ2n) is 4.30. The van der Waals surface area contributed by atoms with Gasteiger partial charge in [0.2, 0.25) is 0 Å². The van der Waals surface area contributed by atoms with Crippen molar-refractivity contribution in [2.75, 3.05) is 26.3 Å². The predicted octanol–water partition coefficient (Wildman–Crippen LogP) is 1.30. The summed E-state index contributed by atoms with van der Waals surface area (Å²) >= 11 is 0. The standard InChI is InChI=1S/C12H14F3NO2/c13-10-2-1-8(11(14)12(10)15)5-16-3-4-18-7-9(17)6-16/h1-2,9,17H,3-7H2. The molecule has 0 bridgehead atoms. The van der Waals surface area contributed by atoms with Crippen molar-refractivity contribution in [2.45, 2.75) is 12.6 Å². The largest absolute Gasteiger partial charge is 0.389 e. The molecule has 3 nitrogen and oxygen atoms in total. The topological polar surface area (TPSA) is 32.7 Å². The van der Waals surface area contributed by atoms with Crippen molar-refractivity contribution in [2.24, 2.45) is 0 Å². The molecule has 6 heteroatoms. The molecule has 1 fully saturated rings. The van der Waals surface area contributed by atoms with E-state index in [4.69, 9.17) is 4.74 Å². The first-order valence-electron chi connectivity index (χ1n) is 5.68. The summed E-state index contributed by atoms with van der Waals surface area (Å²) in [5.41, 5.74) is 0.0722. The first kappa shape index (κ1) is 13.3. The Hall–Kier alpha value is -1.11. The molecule has 1 saturated heterocycles. The van der Waals surface area contributed by atoms with E-state index < -0.39 is 23.6 Å². The van der Waals surface area contributed by atoms with Gasteiger partial charge in [-0.2, -0.15) is 0 Å². The van der Waals surface area contributed by atoms with Crippen molar-refractivity contribution in [3.05, 3.63) is 35.1 Å². The highest BCUT2D eigenvalue weighted by molar-refractivity contribution is 5.20. The Labute approximate surface area is 103 Å². The number of hydrogen-bond acceptors (Lipinski definition) is 3. The van der Waals surface area contributed by atoms with E-state index in [0.29, 0.717) is 19.7 Å². The molecule has 0 saturated carbocycles. The minimum absolute atomic E-state index is 0.0722. The molecule has 18 heavy (non-hydrogen) atoms. The van der Waals surface area contributed by atoms with Crippen LogP contribution >= 0.6 is 0 Å². The smallest absolute Gasteiger partial charge is 0.194 e. The Balaban J connectivity index is 2.11. The molecule has 1 aromatic rings. The van der Waals surface area contributed by atoms with Crippen molar-refractivity contribution in [3.8, 4) is 0 Å². The van der Waals surface area contributed by atoms with Crippen LogP contribution in [0.4, 0.5) is 13.2 Å². The number of ether oxygens (including phenoxy) is 1. The highest BCUT2D eigenvalue weighted by Crippen LogP contribution is 2.17. The molecule has 0 aliphatic carbocycles. The van der Waals surface area contributed by atoms with Gasteiger partial charge in [-0.15, -0.1) is 0 Å². The minimum atomic E-state index is -1.46. The number of nitrogens with zero attached hydrogens (tertiary/aromatic N) is 1. The van der Waals surface area contributed by atoms with Crippen molar-refractivity contribution < 1.29 is 23.0 Å². The minimum Gasteiger partial charge on any atom is -0.389 e. The zero-order chi connectivity index (χ0) is 13.1. The van der Waals surface area contributed by atoms with Crippen molar-refractivity contribution >= 4 is 0 Å². The van der Waals surface area contributed by atoms with Gasteiger partial charge >= 0.3 is 0 Å². The number of β-amino-alcohol motifs (C(OH)–C–C–N with tert-alkyl or cyclic N) is 1. The summed E-state index contributed by atoms with van der Waals surface area (Å²) in [5, 5.41) is 9.51. The van der Waals surface area contributed by atoms with E-state index in [9.17, 15) is 18.3 Å². The Morgan fingerprint density at radius 3 is 2.83 bits per heavy atom. The fourth-order valence-electron chi connectivity index (χ4n) is 1.93. The van der Waals surface area contributed by atoms with E-state index in [-0.39, 0.29) is 18.7 Å². The summed E-state index contributed by atoms with van der Waals surface area (Å²) in [6.07, 6.45) is -0.652. The molecule has 2 rings (SSSR count). The lowest BCUT2D eigenvalue weighted by molar-refractivity contribution is 0.0561. The van der Waals surface area contributed by atoms with Crippen LogP contribution in [-0.2, 0) is 11.3 Å². The monoisotopic (exact) mass is 261 g/mol. The van der Waals surface area contributed by atoms with Crippen LogP contribution in [0.5, 0.6) is 0 Å². The first-order valence-corrected chi connectivity index (χ1v) is 5.68. The molecular weight excluding hydrogens is 247 g/mol. The van der Waals surface area contributed by atoms with E-state index in [1.165, 1.54) is 6.07 Å². The summed E-state index contributed by atoms with van der Waals surface area (Å²) in [5.74, 6) is -3.83. The third-order valence-corrected chi connectivity index (χ3v) is 2.84. The fourth-order valence-corrected chi connectivity index (χ4v) is 1.93. The van der Waals surface area contributed by atoms with Crippen LogP contribution in [0.2, 0.25) is 0 Å². The van der Waals surface area contributed by atoms with Gasteiger partial charge in [-0.25, -0.2) is 13.2 Å². The molecule has 1 N–H and O–H groups in total. The van der Waals surface area contributed by atoms with Gasteiger partial charge in [0, 0.05) is 25.2 Å². The van der Waals surface area contributed by atoms with Gasteiger partial charge in [0.15, 0.2) is 17.5 Å². The molecule has 100 valence electrons. The number of aliphatic hydroxyl groups excluding tert-OH is 1. The van der Waals surface area contributed by atoms with Crippen LogP contribution in [0, 0.1) is 17.5 Å². The number of aliphatic hydroxyl groups is 1. The quantitative estimate of drug-likeness (QED) is 0.814. The molecular formula is C12H14F3NO2. The maximum atomic E-state index is 13.5. The Bertz CT molecular complexity index is 428. The summed E-state index contributed by atoms with van der Waals surface area (Å²) in [4.78, 5) is 1.74. The normalized spacial score (nSPS) is 21.9. The molecule has 1 aliphatic heterocycles.